The molecule has 1 aliphatic rings. The molecule has 0 bridgehead atoms. The molecule has 3 nitrogen and oxygen atoms in total. The van der Waals surface area contributed by atoms with Gasteiger partial charge in [0.2, 0.25) is 0 Å². The first-order valence-corrected chi connectivity index (χ1v) is 6.29. The molecule has 0 aliphatic heterocycles. The molecule has 2 aromatic rings. The zero-order valence-corrected chi connectivity index (χ0v) is 10.1. The Balaban J connectivity index is 1.69. The van der Waals surface area contributed by atoms with E-state index in [9.17, 15) is 4.39 Å². The second-order valence-corrected chi connectivity index (χ2v) is 4.76. The molecule has 4 heteroatoms. The fraction of sp³-hybridized carbons (Fsp3) is 0.357. The summed E-state index contributed by atoms with van der Waals surface area (Å²) >= 11 is 0. The molecule has 1 N–H and O–H groups in total. The molecule has 1 aromatic heterocycles. The number of benzene rings is 1. The summed E-state index contributed by atoms with van der Waals surface area (Å²) < 4.78 is 15.2. The highest BCUT2D eigenvalue weighted by atomic mass is 19.1. The number of halogens is 1. The standard InChI is InChI=1S/C14H16FN3/c15-12-3-1-2-11(8-12)10-18-7-6-16-14(18)9-17-13-4-5-13/h1-3,6-8,13,17H,4-5,9-10H2. The Hall–Kier alpha value is -1.68. The Morgan fingerprint density at radius 2 is 2.28 bits per heavy atom. The van der Waals surface area contributed by atoms with Crippen molar-refractivity contribution in [2.24, 2.45) is 0 Å². The van der Waals surface area contributed by atoms with Crippen LogP contribution in [-0.4, -0.2) is 15.6 Å². The van der Waals surface area contributed by atoms with Crippen molar-refractivity contribution in [1.82, 2.24) is 14.9 Å². The van der Waals surface area contributed by atoms with Crippen molar-refractivity contribution in [3.63, 3.8) is 0 Å². The normalized spacial score (nSPS) is 14.9. The molecule has 1 fully saturated rings. The Morgan fingerprint density at radius 3 is 3.06 bits per heavy atom. The zero-order chi connectivity index (χ0) is 12.4. The highest BCUT2D eigenvalue weighted by molar-refractivity contribution is 5.17. The van der Waals surface area contributed by atoms with E-state index in [1.807, 2.05) is 12.3 Å². The van der Waals surface area contributed by atoms with Crippen LogP contribution in [-0.2, 0) is 13.1 Å². The van der Waals surface area contributed by atoms with Gasteiger partial charge in [0, 0.05) is 25.0 Å². The zero-order valence-electron chi connectivity index (χ0n) is 10.1. The summed E-state index contributed by atoms with van der Waals surface area (Å²) in [7, 11) is 0. The van der Waals surface area contributed by atoms with Crippen molar-refractivity contribution in [3.8, 4) is 0 Å². The largest absolute Gasteiger partial charge is 0.329 e. The molecular weight excluding hydrogens is 229 g/mol. The minimum Gasteiger partial charge on any atom is -0.329 e. The Morgan fingerprint density at radius 1 is 1.39 bits per heavy atom. The van der Waals surface area contributed by atoms with Crippen LogP contribution in [0.4, 0.5) is 4.39 Å². The van der Waals surface area contributed by atoms with Crippen LogP contribution in [0.25, 0.3) is 0 Å². The van der Waals surface area contributed by atoms with E-state index in [4.69, 9.17) is 0 Å². The van der Waals surface area contributed by atoms with Gasteiger partial charge in [0.05, 0.1) is 6.54 Å². The first-order chi connectivity index (χ1) is 8.81. The SMILES string of the molecule is Fc1cccc(Cn2ccnc2CNC2CC2)c1. The van der Waals surface area contributed by atoms with Gasteiger partial charge >= 0.3 is 0 Å². The maximum absolute atomic E-state index is 13.1. The number of nitrogens with one attached hydrogen (secondary N) is 1. The summed E-state index contributed by atoms with van der Waals surface area (Å²) in [6.07, 6.45) is 6.27. The molecular formula is C14H16FN3. The van der Waals surface area contributed by atoms with Gasteiger partial charge in [0.15, 0.2) is 0 Å². The summed E-state index contributed by atoms with van der Waals surface area (Å²) in [4.78, 5) is 4.34. The summed E-state index contributed by atoms with van der Waals surface area (Å²) in [6, 6.07) is 7.37. The lowest BCUT2D eigenvalue weighted by molar-refractivity contribution is 0.609. The number of rotatable bonds is 5. The third-order valence-corrected chi connectivity index (χ3v) is 3.17. The van der Waals surface area contributed by atoms with Gasteiger partial charge in [-0.15, -0.1) is 0 Å². The third-order valence-electron chi connectivity index (χ3n) is 3.17. The van der Waals surface area contributed by atoms with Crippen LogP contribution in [0.15, 0.2) is 36.7 Å². The van der Waals surface area contributed by atoms with Crippen molar-refractivity contribution in [1.29, 1.82) is 0 Å². The molecule has 1 aliphatic carbocycles. The van der Waals surface area contributed by atoms with Crippen LogP contribution in [0.5, 0.6) is 0 Å². The van der Waals surface area contributed by atoms with Crippen molar-refractivity contribution in [2.45, 2.75) is 32.0 Å². The second-order valence-electron chi connectivity index (χ2n) is 4.76. The lowest BCUT2D eigenvalue weighted by atomic mass is 10.2. The predicted molar refractivity (Wildman–Crippen MR) is 67.6 cm³/mol. The lowest BCUT2D eigenvalue weighted by Crippen LogP contribution is -2.19. The van der Waals surface area contributed by atoms with E-state index < -0.39 is 0 Å². The minimum absolute atomic E-state index is 0.190. The highest BCUT2D eigenvalue weighted by Gasteiger charge is 2.20. The van der Waals surface area contributed by atoms with E-state index in [1.165, 1.54) is 18.9 Å². The molecule has 0 radical (unpaired) electrons. The Kier molecular flexibility index (Phi) is 3.11. The van der Waals surface area contributed by atoms with Gasteiger partial charge in [-0.25, -0.2) is 9.37 Å². The molecule has 1 aromatic carbocycles. The molecule has 1 saturated carbocycles. The fourth-order valence-electron chi connectivity index (χ4n) is 2.01. The third kappa shape index (κ3) is 2.76. The first-order valence-electron chi connectivity index (χ1n) is 6.29. The molecule has 0 amide bonds. The van der Waals surface area contributed by atoms with Crippen LogP contribution in [0, 0.1) is 5.82 Å². The smallest absolute Gasteiger partial charge is 0.123 e. The average Bonchev–Trinajstić information content (AvgIpc) is 3.08. The molecule has 3 rings (SSSR count). The van der Waals surface area contributed by atoms with Crippen LogP contribution in [0.3, 0.4) is 0 Å². The maximum atomic E-state index is 13.1. The molecule has 0 atom stereocenters. The van der Waals surface area contributed by atoms with Gasteiger partial charge in [-0.3, -0.25) is 0 Å². The van der Waals surface area contributed by atoms with Gasteiger partial charge in [-0.2, -0.15) is 0 Å². The van der Waals surface area contributed by atoms with E-state index in [0.717, 1.165) is 17.9 Å². The summed E-state index contributed by atoms with van der Waals surface area (Å²) in [6.45, 7) is 1.45. The summed E-state index contributed by atoms with van der Waals surface area (Å²) in [5.41, 5.74) is 0.959. The van der Waals surface area contributed by atoms with Crippen LogP contribution >= 0.6 is 0 Å². The molecule has 0 unspecified atom stereocenters. The van der Waals surface area contributed by atoms with Crippen LogP contribution in [0.2, 0.25) is 0 Å². The number of hydrogen-bond acceptors (Lipinski definition) is 2. The first kappa shape index (κ1) is 11.4. The monoisotopic (exact) mass is 245 g/mol. The molecule has 18 heavy (non-hydrogen) atoms. The van der Waals surface area contributed by atoms with Crippen LogP contribution in [0.1, 0.15) is 24.2 Å². The molecule has 1 heterocycles. The van der Waals surface area contributed by atoms with Gasteiger partial charge in [-0.1, -0.05) is 12.1 Å². The Labute approximate surface area is 106 Å². The summed E-state index contributed by atoms with van der Waals surface area (Å²) in [5, 5.41) is 3.44. The molecule has 0 saturated heterocycles. The van der Waals surface area contributed by atoms with E-state index in [-0.39, 0.29) is 5.82 Å². The Bertz CT molecular complexity index is 531. The fourth-order valence-corrected chi connectivity index (χ4v) is 2.01. The maximum Gasteiger partial charge on any atom is 0.123 e. The minimum atomic E-state index is -0.190. The van der Waals surface area contributed by atoms with Gasteiger partial charge in [-0.05, 0) is 30.5 Å². The van der Waals surface area contributed by atoms with Gasteiger partial charge in [0.25, 0.3) is 0 Å². The summed E-state index contributed by atoms with van der Waals surface area (Å²) in [5.74, 6) is 0.816. The van der Waals surface area contributed by atoms with Crippen molar-refractivity contribution in [2.75, 3.05) is 0 Å². The number of nitrogens with zero attached hydrogens (tertiary/aromatic N) is 2. The van der Waals surface area contributed by atoms with Gasteiger partial charge in [0.1, 0.15) is 11.6 Å². The quantitative estimate of drug-likeness (QED) is 0.876. The second kappa shape index (κ2) is 4.90. The van der Waals surface area contributed by atoms with Crippen molar-refractivity contribution >= 4 is 0 Å². The lowest BCUT2D eigenvalue weighted by Gasteiger charge is -2.08. The van der Waals surface area contributed by atoms with Crippen molar-refractivity contribution < 1.29 is 4.39 Å². The van der Waals surface area contributed by atoms with Crippen molar-refractivity contribution in [3.05, 3.63) is 53.9 Å². The average molecular weight is 245 g/mol. The number of imidazole rings is 1. The van der Waals surface area contributed by atoms with E-state index >= 15 is 0 Å². The predicted octanol–water partition coefficient (Wildman–Crippen LogP) is 2.32. The molecule has 0 spiro atoms. The van der Waals surface area contributed by atoms with E-state index in [1.54, 1.807) is 18.3 Å². The number of aromatic nitrogens is 2. The molecule has 94 valence electrons. The van der Waals surface area contributed by atoms with Gasteiger partial charge < -0.3 is 9.88 Å². The van der Waals surface area contributed by atoms with E-state index in [2.05, 4.69) is 14.9 Å². The highest BCUT2D eigenvalue weighted by Crippen LogP contribution is 2.19. The topological polar surface area (TPSA) is 29.9 Å². The van der Waals surface area contributed by atoms with E-state index in [0.29, 0.717) is 12.6 Å². The number of hydrogen-bond donors (Lipinski definition) is 1. The van der Waals surface area contributed by atoms with Crippen LogP contribution < -0.4 is 5.32 Å².